The molecule has 5 atom stereocenters. The Labute approximate surface area is 184 Å². The minimum Gasteiger partial charge on any atom is -0.480 e. The van der Waals surface area contributed by atoms with E-state index < -0.39 is 66.3 Å². The summed E-state index contributed by atoms with van der Waals surface area (Å²) in [6, 6.07) is 3.22. The van der Waals surface area contributed by atoms with Crippen molar-refractivity contribution in [1.82, 2.24) is 16.0 Å². The molecule has 1 aromatic rings. The second-order valence-corrected chi connectivity index (χ2v) is 7.34. The highest BCUT2D eigenvalue weighted by Gasteiger charge is 2.33. The highest BCUT2D eigenvalue weighted by molar-refractivity contribution is 5.96. The van der Waals surface area contributed by atoms with Crippen LogP contribution in [-0.2, 0) is 30.4 Å². The fourth-order valence-corrected chi connectivity index (χ4v) is 2.68. The predicted octanol–water partition coefficient (Wildman–Crippen LogP) is -2.63. The number of carboxylic acid groups (broad SMARTS) is 1. The monoisotopic (exact) mass is 451 g/mol. The normalized spacial score (nSPS) is 15.4. The van der Waals surface area contributed by atoms with E-state index in [0.29, 0.717) is 5.56 Å². The summed E-state index contributed by atoms with van der Waals surface area (Å²) in [4.78, 5) is 59.9. The van der Waals surface area contributed by atoms with Gasteiger partial charge in [0.1, 0.15) is 18.1 Å². The minimum atomic E-state index is -1.57. The molecule has 12 heteroatoms. The maximum Gasteiger partial charge on any atom is 0.326 e. The Morgan fingerprint density at radius 3 is 1.94 bits per heavy atom. The standard InChI is InChI=1S/C20H29N5O7/c1-10(21)17(28)23-13(9-15(22)27)18(29)25-16(11(2)26)19(30)24-14(20(31)32)8-12-6-4-3-5-7-12/h3-7,10-11,13-14,16,26H,8-9,21H2,1-2H3,(H2,22,27)(H,23,28)(H,24,30)(H,25,29)(H,31,32). The van der Waals surface area contributed by atoms with Crippen molar-refractivity contribution in [2.75, 3.05) is 0 Å². The first-order valence-electron chi connectivity index (χ1n) is 9.82. The molecule has 0 radical (unpaired) electrons. The first-order valence-corrected chi connectivity index (χ1v) is 9.82. The van der Waals surface area contributed by atoms with Crippen LogP contribution in [0.1, 0.15) is 25.8 Å². The lowest BCUT2D eigenvalue weighted by Crippen LogP contribution is -2.60. The molecule has 0 heterocycles. The van der Waals surface area contributed by atoms with Crippen molar-refractivity contribution in [1.29, 1.82) is 0 Å². The number of amides is 4. The average molecular weight is 451 g/mol. The molecule has 0 saturated heterocycles. The minimum absolute atomic E-state index is 0.0306. The number of benzene rings is 1. The third-order valence-electron chi connectivity index (χ3n) is 4.41. The molecule has 1 rings (SSSR count). The Hall–Kier alpha value is -3.51. The van der Waals surface area contributed by atoms with E-state index in [2.05, 4.69) is 16.0 Å². The van der Waals surface area contributed by atoms with Crippen LogP contribution in [0.4, 0.5) is 0 Å². The molecule has 176 valence electrons. The zero-order valence-corrected chi connectivity index (χ0v) is 17.8. The largest absolute Gasteiger partial charge is 0.480 e. The van der Waals surface area contributed by atoms with Gasteiger partial charge < -0.3 is 37.6 Å². The number of primary amides is 1. The third-order valence-corrected chi connectivity index (χ3v) is 4.41. The van der Waals surface area contributed by atoms with E-state index in [1.165, 1.54) is 13.8 Å². The number of carbonyl (C=O) groups excluding carboxylic acids is 4. The van der Waals surface area contributed by atoms with Gasteiger partial charge in [-0.25, -0.2) is 4.79 Å². The van der Waals surface area contributed by atoms with Gasteiger partial charge in [0.2, 0.25) is 23.6 Å². The number of nitrogens with two attached hydrogens (primary N) is 2. The molecular formula is C20H29N5O7. The number of nitrogens with one attached hydrogen (secondary N) is 3. The average Bonchev–Trinajstić information content (AvgIpc) is 2.70. The number of hydrogen-bond donors (Lipinski definition) is 7. The van der Waals surface area contributed by atoms with E-state index in [1.54, 1.807) is 30.3 Å². The van der Waals surface area contributed by atoms with Gasteiger partial charge in [0.05, 0.1) is 18.6 Å². The summed E-state index contributed by atoms with van der Waals surface area (Å²) in [6.07, 6.45) is -2.04. The number of aliphatic hydroxyl groups is 1. The second kappa shape index (κ2) is 12.4. The summed E-state index contributed by atoms with van der Waals surface area (Å²) < 4.78 is 0. The van der Waals surface area contributed by atoms with Crippen molar-refractivity contribution in [3.8, 4) is 0 Å². The molecule has 5 unspecified atom stereocenters. The molecule has 32 heavy (non-hydrogen) atoms. The van der Waals surface area contributed by atoms with Crippen LogP contribution in [0.3, 0.4) is 0 Å². The van der Waals surface area contributed by atoms with Crippen molar-refractivity contribution in [2.24, 2.45) is 11.5 Å². The van der Waals surface area contributed by atoms with Crippen molar-refractivity contribution in [2.45, 2.75) is 57.0 Å². The molecular weight excluding hydrogens is 422 g/mol. The molecule has 9 N–H and O–H groups in total. The first kappa shape index (κ1) is 26.5. The van der Waals surface area contributed by atoms with Crippen molar-refractivity contribution in [3.63, 3.8) is 0 Å². The van der Waals surface area contributed by atoms with Gasteiger partial charge in [0.15, 0.2) is 0 Å². The topological polar surface area (TPSA) is 214 Å². The number of aliphatic carboxylic acids is 1. The first-order chi connectivity index (χ1) is 14.9. The van der Waals surface area contributed by atoms with Gasteiger partial charge in [0, 0.05) is 6.42 Å². The van der Waals surface area contributed by atoms with E-state index in [1.807, 2.05) is 0 Å². The smallest absolute Gasteiger partial charge is 0.326 e. The van der Waals surface area contributed by atoms with Gasteiger partial charge >= 0.3 is 5.97 Å². The number of carboxylic acids is 1. The van der Waals surface area contributed by atoms with Crippen LogP contribution in [0.5, 0.6) is 0 Å². The van der Waals surface area contributed by atoms with Gasteiger partial charge in [-0.3, -0.25) is 19.2 Å². The van der Waals surface area contributed by atoms with E-state index in [-0.39, 0.29) is 6.42 Å². The third kappa shape index (κ3) is 8.70. The highest BCUT2D eigenvalue weighted by Crippen LogP contribution is 2.05. The molecule has 1 aromatic carbocycles. The van der Waals surface area contributed by atoms with Crippen LogP contribution in [0.15, 0.2) is 30.3 Å². The fraction of sp³-hybridized carbons (Fsp3) is 0.450. The molecule has 0 spiro atoms. The van der Waals surface area contributed by atoms with Gasteiger partial charge in [-0.05, 0) is 19.4 Å². The van der Waals surface area contributed by atoms with E-state index in [0.717, 1.165) is 0 Å². The van der Waals surface area contributed by atoms with Crippen LogP contribution in [0.2, 0.25) is 0 Å². The Kier molecular flexibility index (Phi) is 10.3. The van der Waals surface area contributed by atoms with E-state index in [9.17, 15) is 34.2 Å². The van der Waals surface area contributed by atoms with Crippen molar-refractivity contribution < 1.29 is 34.2 Å². The number of carbonyl (C=O) groups is 5. The summed E-state index contributed by atoms with van der Waals surface area (Å²) in [7, 11) is 0. The van der Waals surface area contributed by atoms with Gasteiger partial charge in [-0.2, -0.15) is 0 Å². The van der Waals surface area contributed by atoms with Crippen LogP contribution in [0, 0.1) is 0 Å². The molecule has 4 amide bonds. The van der Waals surface area contributed by atoms with Crippen molar-refractivity contribution >= 4 is 29.6 Å². The fourth-order valence-electron chi connectivity index (χ4n) is 2.68. The maximum atomic E-state index is 12.7. The molecule has 0 saturated carbocycles. The van der Waals surface area contributed by atoms with Gasteiger partial charge in [-0.15, -0.1) is 0 Å². The molecule has 0 aliphatic carbocycles. The molecule has 12 nitrogen and oxygen atoms in total. The molecule has 0 bridgehead atoms. The van der Waals surface area contributed by atoms with E-state index >= 15 is 0 Å². The second-order valence-electron chi connectivity index (χ2n) is 7.34. The number of hydrogen-bond acceptors (Lipinski definition) is 7. The lowest BCUT2D eigenvalue weighted by molar-refractivity contribution is -0.143. The highest BCUT2D eigenvalue weighted by atomic mass is 16.4. The molecule has 0 aliphatic rings. The van der Waals surface area contributed by atoms with Gasteiger partial charge in [-0.1, -0.05) is 30.3 Å². The zero-order chi connectivity index (χ0) is 24.4. The predicted molar refractivity (Wildman–Crippen MR) is 113 cm³/mol. The Balaban J connectivity index is 2.95. The van der Waals surface area contributed by atoms with Crippen LogP contribution in [0.25, 0.3) is 0 Å². The summed E-state index contributed by atoms with van der Waals surface area (Å²) in [5.74, 6) is -4.89. The lowest BCUT2D eigenvalue weighted by Gasteiger charge is -2.26. The summed E-state index contributed by atoms with van der Waals surface area (Å²) in [6.45, 7) is 2.57. The van der Waals surface area contributed by atoms with Crippen molar-refractivity contribution in [3.05, 3.63) is 35.9 Å². The summed E-state index contributed by atoms with van der Waals surface area (Å²) in [5.41, 5.74) is 11.2. The maximum absolute atomic E-state index is 12.7. The summed E-state index contributed by atoms with van der Waals surface area (Å²) in [5, 5.41) is 26.2. The number of aliphatic hydroxyl groups excluding tert-OH is 1. The zero-order valence-electron chi connectivity index (χ0n) is 17.8. The lowest BCUT2D eigenvalue weighted by atomic mass is 10.0. The Morgan fingerprint density at radius 2 is 1.47 bits per heavy atom. The Bertz CT molecular complexity index is 829. The molecule has 0 aromatic heterocycles. The SMILES string of the molecule is CC(N)C(=O)NC(CC(N)=O)C(=O)NC(C(=O)NC(Cc1ccccc1)C(=O)O)C(C)O. The number of rotatable bonds is 12. The molecule has 0 aliphatic heterocycles. The summed E-state index contributed by atoms with van der Waals surface area (Å²) >= 11 is 0. The van der Waals surface area contributed by atoms with Gasteiger partial charge in [0.25, 0.3) is 0 Å². The van der Waals surface area contributed by atoms with Crippen LogP contribution < -0.4 is 27.4 Å². The van der Waals surface area contributed by atoms with Crippen LogP contribution >= 0.6 is 0 Å². The van der Waals surface area contributed by atoms with Crippen LogP contribution in [-0.4, -0.2) is 70.1 Å². The Morgan fingerprint density at radius 1 is 0.906 bits per heavy atom. The quantitative estimate of drug-likeness (QED) is 0.178. The van der Waals surface area contributed by atoms with E-state index in [4.69, 9.17) is 11.5 Å². The molecule has 0 fully saturated rings.